The molecule has 0 heterocycles. The van der Waals surface area contributed by atoms with Crippen LogP contribution in [0.15, 0.2) is 0 Å². The van der Waals surface area contributed by atoms with E-state index in [-0.39, 0.29) is 14.9 Å². The van der Waals surface area contributed by atoms with Crippen LogP contribution in [0.3, 0.4) is 0 Å². The van der Waals surface area contributed by atoms with Gasteiger partial charge in [0.25, 0.3) is 0 Å². The summed E-state index contributed by atoms with van der Waals surface area (Å²) >= 11 is 0. The van der Waals surface area contributed by atoms with E-state index in [0.29, 0.717) is 0 Å². The molecule has 0 fully saturated rings. The third kappa shape index (κ3) is 0. The minimum atomic E-state index is 0. The van der Waals surface area contributed by atoms with E-state index in [1.54, 1.807) is 0 Å². The lowest BCUT2D eigenvalue weighted by Crippen LogP contribution is -1.27. The lowest BCUT2D eigenvalue weighted by molar-refractivity contribution is 1.09. The van der Waals surface area contributed by atoms with Gasteiger partial charge in [-0.25, -0.2) is 0 Å². The zero-order valence-electron chi connectivity index (χ0n) is 26.9. The highest BCUT2D eigenvalue weighted by atomic mass is 13.4. The van der Waals surface area contributed by atoms with E-state index in [9.17, 15) is 0 Å². The van der Waals surface area contributed by atoms with Crippen molar-refractivity contribution in [3.63, 3.8) is 0 Å². The Hall–Kier alpha value is 0. The fourth-order valence-electron chi connectivity index (χ4n) is 0. The van der Waals surface area contributed by atoms with Gasteiger partial charge in [-0.15, -0.1) is 0 Å². The summed E-state index contributed by atoms with van der Waals surface area (Å²) in [6, 6.07) is 0. The Morgan fingerprint density at radius 1 is 0.194 bits per heavy atom. The maximum absolute atomic E-state index is 2.12. The lowest BCUT2D eigenvalue weighted by Gasteiger charge is -1.48. The minimum Gasteiger partial charge on any atom is -0.0776 e. The van der Waals surface area contributed by atoms with E-state index in [1.807, 2.05) is 55.4 Å². The van der Waals surface area contributed by atoms with Crippen LogP contribution >= 0.6 is 0 Å². The van der Waals surface area contributed by atoms with E-state index in [2.05, 4.69) is 96.9 Å². The van der Waals surface area contributed by atoms with Gasteiger partial charge in [-0.05, 0) is 0 Å². The Labute approximate surface area is 212 Å². The fraction of sp³-hybridized carbons (Fsp3) is 1.00. The summed E-state index contributed by atoms with van der Waals surface area (Å²) < 4.78 is 0. The molecule has 0 aliphatic rings. The molecule has 0 N–H and O–H groups in total. The van der Waals surface area contributed by atoms with Gasteiger partial charge in [-0.1, -0.05) is 212 Å². The van der Waals surface area contributed by atoms with Crippen LogP contribution in [-0.2, 0) is 0 Å². The van der Waals surface area contributed by atoms with Gasteiger partial charge in [0.2, 0.25) is 0 Å². The summed E-state index contributed by atoms with van der Waals surface area (Å²) in [6.45, 7) is 45.8. The minimum absolute atomic E-state index is 0. The molecule has 0 spiro atoms. The molecule has 0 amide bonds. The van der Waals surface area contributed by atoms with Crippen LogP contribution in [0.5, 0.6) is 0 Å². The topological polar surface area (TPSA) is 0 Å². The quantitative estimate of drug-likeness (QED) is 0.337. The molecule has 212 valence electrons. The molecule has 0 nitrogen and oxygen atoms in total. The summed E-state index contributed by atoms with van der Waals surface area (Å²) in [6.07, 6.45) is 8.75. The van der Waals surface area contributed by atoms with Crippen LogP contribution in [0, 0.1) is 0 Å². The first-order chi connectivity index (χ1) is 13.9. The van der Waals surface area contributed by atoms with Crippen molar-refractivity contribution in [2.24, 2.45) is 0 Å². The summed E-state index contributed by atoms with van der Waals surface area (Å²) in [5.41, 5.74) is 0. The molecule has 0 rings (SSSR count). The van der Waals surface area contributed by atoms with Gasteiger partial charge in [-0.2, -0.15) is 0 Å². The highest BCUT2D eigenvalue weighted by molar-refractivity contribution is 3.94. The normalized spacial score (nSPS) is 4.84. The molecule has 0 bridgehead atoms. The maximum Gasteiger partial charge on any atom is -0.0590 e. The second-order valence-electron chi connectivity index (χ2n) is 4.95. The molecule has 0 aliphatic carbocycles. The van der Waals surface area contributed by atoms with E-state index in [0.717, 1.165) is 0 Å². The molecule has 31 heavy (non-hydrogen) atoms. The molecular formula is C31H88. The van der Waals surface area contributed by atoms with Crippen molar-refractivity contribution in [2.45, 2.75) is 212 Å². The van der Waals surface area contributed by atoms with Crippen molar-refractivity contribution in [2.75, 3.05) is 0 Å². The molecule has 0 saturated carbocycles. The van der Waals surface area contributed by atoms with E-state index >= 15 is 0 Å². The van der Waals surface area contributed by atoms with E-state index < -0.39 is 0 Å². The highest BCUT2D eigenvalue weighted by Gasteiger charge is 1.37. The Balaban J connectivity index is -0.0000000104. The largest absolute Gasteiger partial charge is 0.0776 e. The Morgan fingerprint density at radius 2 is 0.194 bits per heavy atom. The first-order valence-electron chi connectivity index (χ1n) is 13.9. The first kappa shape index (κ1) is 86.1. The van der Waals surface area contributed by atoms with Crippen molar-refractivity contribution in [3.05, 3.63) is 0 Å². The molecule has 0 atom stereocenters. The molecule has 0 radical (unpaired) electrons. The monoisotopic (exact) mass is 461 g/mol. The predicted molar refractivity (Wildman–Crippen MR) is 171 cm³/mol. The zero-order valence-corrected chi connectivity index (χ0v) is 26.9. The maximum atomic E-state index is 2.12. The summed E-state index contributed by atoms with van der Waals surface area (Å²) in [5, 5.41) is 0. The number of hydrogen-bond acceptors (Lipinski definition) is 0. The molecule has 0 aromatic rings. The van der Waals surface area contributed by atoms with Gasteiger partial charge in [0.15, 0.2) is 0 Å². The standard InChI is InChI=1S/7C3H8.4C2H6.2CH4/c7*1-3-2;4*1-2;;/h7*3H2,1-2H3;4*1-2H3;2*1H4. The van der Waals surface area contributed by atoms with Crippen LogP contribution in [-0.4, -0.2) is 0 Å². The third-order valence-corrected chi connectivity index (χ3v) is 0. The molecule has 0 unspecified atom stereocenters. The van der Waals surface area contributed by atoms with Gasteiger partial charge in [0, 0.05) is 0 Å². The van der Waals surface area contributed by atoms with Crippen LogP contribution in [0.4, 0.5) is 0 Å². The average molecular weight is 461 g/mol. The van der Waals surface area contributed by atoms with Gasteiger partial charge in [0.1, 0.15) is 0 Å². The Kier molecular flexibility index (Phi) is 1430. The van der Waals surface area contributed by atoms with Crippen molar-refractivity contribution < 1.29 is 0 Å². The van der Waals surface area contributed by atoms with Gasteiger partial charge >= 0.3 is 0 Å². The molecule has 0 saturated heterocycles. The second-order valence-corrected chi connectivity index (χ2v) is 4.95. The van der Waals surface area contributed by atoms with Crippen LogP contribution < -0.4 is 0 Å². The van der Waals surface area contributed by atoms with Crippen LogP contribution in [0.2, 0.25) is 0 Å². The van der Waals surface area contributed by atoms with Gasteiger partial charge in [-0.3, -0.25) is 0 Å². The first-order valence-corrected chi connectivity index (χ1v) is 13.9. The fourth-order valence-corrected chi connectivity index (χ4v) is 0. The molecular weight excluding hydrogens is 372 g/mol. The lowest BCUT2D eigenvalue weighted by atomic mass is 10.6. The molecule has 0 aliphatic heterocycles. The SMILES string of the molecule is C.C.CC.CC.CC.CC.CCC.CCC.CCC.CCC.CCC.CCC.CCC. The zero-order chi connectivity index (χ0) is 26.9. The van der Waals surface area contributed by atoms with E-state index in [4.69, 9.17) is 0 Å². The summed E-state index contributed by atoms with van der Waals surface area (Å²) in [5.74, 6) is 0. The smallest absolute Gasteiger partial charge is 0.0590 e. The van der Waals surface area contributed by atoms with Crippen molar-refractivity contribution >= 4 is 0 Å². The summed E-state index contributed by atoms with van der Waals surface area (Å²) in [7, 11) is 0. The van der Waals surface area contributed by atoms with Crippen LogP contribution in [0.25, 0.3) is 0 Å². The van der Waals surface area contributed by atoms with Crippen molar-refractivity contribution in [1.29, 1.82) is 0 Å². The Morgan fingerprint density at radius 3 is 0.194 bits per heavy atom. The van der Waals surface area contributed by atoms with Gasteiger partial charge < -0.3 is 0 Å². The highest BCUT2D eigenvalue weighted by Crippen LogP contribution is 1.58. The number of hydrogen-bond donors (Lipinski definition) is 0. The van der Waals surface area contributed by atoms with Crippen LogP contribution in [0.1, 0.15) is 212 Å². The molecule has 0 aromatic carbocycles. The molecule has 0 heteroatoms. The van der Waals surface area contributed by atoms with Gasteiger partial charge in [0.05, 0.1) is 0 Å². The number of rotatable bonds is 0. The van der Waals surface area contributed by atoms with Crippen molar-refractivity contribution in [1.82, 2.24) is 0 Å². The van der Waals surface area contributed by atoms with Crippen molar-refractivity contribution in [3.8, 4) is 0 Å². The Bertz CT molecular complexity index is 19.7. The second kappa shape index (κ2) is 515. The molecule has 0 aromatic heterocycles. The average Bonchev–Trinajstić information content (AvgIpc) is 2.72. The predicted octanol–water partition coefficient (Wildman–Crippen LogP) is 15.3. The third-order valence-electron chi connectivity index (χ3n) is 0. The summed E-state index contributed by atoms with van der Waals surface area (Å²) in [4.78, 5) is 0. The van der Waals surface area contributed by atoms with E-state index in [1.165, 1.54) is 44.9 Å².